The van der Waals surface area contributed by atoms with Gasteiger partial charge in [0.25, 0.3) is 12.3 Å². The van der Waals surface area contributed by atoms with Gasteiger partial charge in [-0.1, -0.05) is 6.07 Å². The molecule has 2 fully saturated rings. The molecule has 0 bridgehead atoms. The summed E-state index contributed by atoms with van der Waals surface area (Å²) in [5.41, 5.74) is 4.47. The van der Waals surface area contributed by atoms with E-state index in [9.17, 15) is 22.4 Å². The van der Waals surface area contributed by atoms with Gasteiger partial charge in [0.05, 0.1) is 26.3 Å². The van der Waals surface area contributed by atoms with E-state index in [4.69, 9.17) is 9.47 Å². The molecule has 0 amide bonds. The van der Waals surface area contributed by atoms with Gasteiger partial charge in [0.15, 0.2) is 0 Å². The molecule has 7 nitrogen and oxygen atoms in total. The number of fused-ring (bicyclic) bond motifs is 1. The largest absolute Gasteiger partial charge is 0.496 e. The Bertz CT molecular complexity index is 1380. The Morgan fingerprint density at radius 3 is 2.65 bits per heavy atom. The lowest BCUT2D eigenvalue weighted by Gasteiger charge is -2.42. The third-order valence-corrected chi connectivity index (χ3v) is 7.95. The van der Waals surface area contributed by atoms with Gasteiger partial charge in [0.1, 0.15) is 5.75 Å². The standard InChI is InChI=1S/C29H34F4N4O3.2H2/c1-17-10-25(39-2)22(20-6-7-34-27(17)20)14-37-9-8-36(16-26(30)31)15-24(37)18-4-5-21(28(38)40-3)23(11-18)35-19-12-29(32,33)13-19;;/h4-7,10-11,19,24,26,34-35H,8-9,12-16H2,1-3H3;2*1H/t24-;;/m1../s1. The number of hydrogen-bond donors (Lipinski definition) is 2. The lowest BCUT2D eigenvalue weighted by atomic mass is 9.87. The molecule has 0 spiro atoms. The summed E-state index contributed by atoms with van der Waals surface area (Å²) in [6.45, 7) is 3.49. The van der Waals surface area contributed by atoms with Gasteiger partial charge in [-0.15, -0.1) is 0 Å². The number of esters is 1. The van der Waals surface area contributed by atoms with E-state index in [0.717, 1.165) is 33.3 Å². The summed E-state index contributed by atoms with van der Waals surface area (Å²) < 4.78 is 64.5. The Morgan fingerprint density at radius 2 is 1.98 bits per heavy atom. The Morgan fingerprint density at radius 1 is 1.20 bits per heavy atom. The van der Waals surface area contributed by atoms with Crippen LogP contribution in [0.5, 0.6) is 5.75 Å². The number of aryl methyl sites for hydroxylation is 1. The molecular formula is C29H38F4N4O3. The second-order valence-corrected chi connectivity index (χ2v) is 10.7. The molecule has 1 aliphatic carbocycles. The van der Waals surface area contributed by atoms with Gasteiger partial charge in [-0.05, 0) is 42.3 Å². The van der Waals surface area contributed by atoms with Crippen LogP contribution in [0.2, 0.25) is 0 Å². The predicted molar refractivity (Wildman–Crippen MR) is 149 cm³/mol. The summed E-state index contributed by atoms with van der Waals surface area (Å²) in [7, 11) is 2.89. The van der Waals surface area contributed by atoms with Crippen molar-refractivity contribution in [2.24, 2.45) is 0 Å². The summed E-state index contributed by atoms with van der Waals surface area (Å²) in [6, 6.07) is 8.37. The van der Waals surface area contributed by atoms with Crippen molar-refractivity contribution in [3.05, 3.63) is 58.8 Å². The van der Waals surface area contributed by atoms with Crippen molar-refractivity contribution in [1.82, 2.24) is 14.8 Å². The Hall–Kier alpha value is -3.31. The molecule has 2 N–H and O–H groups in total. The fourth-order valence-corrected chi connectivity index (χ4v) is 5.89. The Kier molecular flexibility index (Phi) is 7.96. The maximum absolute atomic E-state index is 13.5. The van der Waals surface area contributed by atoms with Crippen molar-refractivity contribution in [3.63, 3.8) is 0 Å². The minimum absolute atomic E-state index is 0. The number of piperazine rings is 1. The number of nitrogens with zero attached hydrogens (tertiary/aromatic N) is 2. The van der Waals surface area contributed by atoms with Crippen LogP contribution in [-0.4, -0.2) is 79.5 Å². The molecule has 3 aromatic rings. The Labute approximate surface area is 233 Å². The maximum Gasteiger partial charge on any atom is 0.339 e. The molecule has 1 saturated heterocycles. The first-order valence-electron chi connectivity index (χ1n) is 13.3. The molecule has 2 heterocycles. The van der Waals surface area contributed by atoms with E-state index in [1.807, 2.05) is 25.3 Å². The highest BCUT2D eigenvalue weighted by Gasteiger charge is 2.45. The number of halogens is 4. The summed E-state index contributed by atoms with van der Waals surface area (Å²) in [6.07, 6.45) is -1.24. The number of alkyl halides is 4. The van der Waals surface area contributed by atoms with Gasteiger partial charge >= 0.3 is 5.97 Å². The number of aromatic nitrogens is 1. The number of carbonyl (C=O) groups is 1. The number of ether oxygens (including phenoxy) is 2. The molecule has 1 atom stereocenters. The van der Waals surface area contributed by atoms with E-state index >= 15 is 0 Å². The zero-order valence-corrected chi connectivity index (χ0v) is 22.8. The van der Waals surface area contributed by atoms with E-state index in [1.165, 1.54) is 7.11 Å². The number of nitrogens with one attached hydrogen (secondary N) is 2. The molecule has 1 aliphatic heterocycles. The fraction of sp³-hybridized carbons (Fsp3) is 0.483. The van der Waals surface area contributed by atoms with Gasteiger partial charge in [0.2, 0.25) is 0 Å². The number of carbonyl (C=O) groups excluding carboxylic acids is 1. The predicted octanol–water partition coefficient (Wildman–Crippen LogP) is 6.10. The minimum atomic E-state index is -2.73. The maximum atomic E-state index is 13.5. The number of rotatable bonds is 9. The van der Waals surface area contributed by atoms with Crippen molar-refractivity contribution < 1.29 is 34.7 Å². The molecule has 0 unspecified atom stereocenters. The van der Waals surface area contributed by atoms with Crippen LogP contribution in [0, 0.1) is 6.92 Å². The average molecular weight is 567 g/mol. The van der Waals surface area contributed by atoms with Crippen LogP contribution in [0.1, 0.15) is 48.8 Å². The summed E-state index contributed by atoms with van der Waals surface area (Å²) in [5.74, 6) is -2.57. The lowest BCUT2D eigenvalue weighted by Crippen LogP contribution is -2.49. The molecule has 11 heteroatoms. The van der Waals surface area contributed by atoms with Crippen LogP contribution in [0.25, 0.3) is 10.9 Å². The summed E-state index contributed by atoms with van der Waals surface area (Å²) in [4.78, 5) is 19.7. The zero-order valence-electron chi connectivity index (χ0n) is 22.8. The van der Waals surface area contributed by atoms with Gasteiger partial charge in [-0.3, -0.25) is 9.80 Å². The topological polar surface area (TPSA) is 69.8 Å². The quantitative estimate of drug-likeness (QED) is 0.241. The summed E-state index contributed by atoms with van der Waals surface area (Å²) >= 11 is 0. The minimum Gasteiger partial charge on any atom is -0.496 e. The second-order valence-electron chi connectivity index (χ2n) is 10.7. The van der Waals surface area contributed by atoms with Crippen LogP contribution in [0.15, 0.2) is 36.5 Å². The van der Waals surface area contributed by atoms with Gasteiger partial charge in [-0.25, -0.2) is 22.4 Å². The van der Waals surface area contributed by atoms with E-state index in [-0.39, 0.29) is 33.8 Å². The van der Waals surface area contributed by atoms with E-state index < -0.39 is 24.4 Å². The first-order valence-corrected chi connectivity index (χ1v) is 13.3. The molecule has 2 aromatic carbocycles. The lowest BCUT2D eigenvalue weighted by molar-refractivity contribution is -0.0793. The first-order chi connectivity index (χ1) is 19.1. The van der Waals surface area contributed by atoms with Crippen LogP contribution in [0.4, 0.5) is 23.2 Å². The number of hydrogen-bond acceptors (Lipinski definition) is 6. The van der Waals surface area contributed by atoms with Crippen molar-refractivity contribution in [1.29, 1.82) is 0 Å². The molecule has 220 valence electrons. The molecule has 5 rings (SSSR count). The van der Waals surface area contributed by atoms with Gasteiger partial charge in [-0.2, -0.15) is 0 Å². The monoisotopic (exact) mass is 566 g/mol. The highest BCUT2D eigenvalue weighted by molar-refractivity contribution is 5.96. The highest BCUT2D eigenvalue weighted by Crippen LogP contribution is 2.41. The van der Waals surface area contributed by atoms with Crippen LogP contribution < -0.4 is 10.1 Å². The van der Waals surface area contributed by atoms with E-state index in [0.29, 0.717) is 31.9 Å². The van der Waals surface area contributed by atoms with Crippen LogP contribution in [-0.2, 0) is 11.3 Å². The van der Waals surface area contributed by atoms with Crippen LogP contribution in [0.3, 0.4) is 0 Å². The SMILES string of the molecule is COC(=O)c1ccc([C@H]2CN(CC(F)F)CCN2Cc2c(OC)cc(C)c3[nH]ccc23)cc1NC1CC(F)(F)C1.[HH].[HH]. The molecule has 1 aromatic heterocycles. The van der Waals surface area contributed by atoms with Crippen molar-refractivity contribution in [3.8, 4) is 5.75 Å². The zero-order chi connectivity index (χ0) is 28.6. The van der Waals surface area contributed by atoms with Crippen LogP contribution >= 0.6 is 0 Å². The van der Waals surface area contributed by atoms with Crippen molar-refractivity contribution in [2.45, 2.75) is 50.7 Å². The smallest absolute Gasteiger partial charge is 0.339 e. The van der Waals surface area contributed by atoms with Crippen molar-refractivity contribution >= 4 is 22.6 Å². The molecular weight excluding hydrogens is 528 g/mol. The number of methoxy groups -OCH3 is 2. The Balaban J connectivity index is 0.00000242. The molecule has 0 radical (unpaired) electrons. The second kappa shape index (κ2) is 11.3. The van der Waals surface area contributed by atoms with Gasteiger partial charge in [0, 0.05) is 82.3 Å². The fourth-order valence-electron chi connectivity index (χ4n) is 5.89. The number of benzene rings is 2. The number of H-pyrrole nitrogens is 1. The van der Waals surface area contributed by atoms with E-state index in [2.05, 4.69) is 15.2 Å². The van der Waals surface area contributed by atoms with Gasteiger partial charge < -0.3 is 19.8 Å². The normalized spacial score (nSPS) is 20.1. The third-order valence-electron chi connectivity index (χ3n) is 7.95. The highest BCUT2D eigenvalue weighted by atomic mass is 19.3. The first kappa shape index (κ1) is 28.2. The molecule has 40 heavy (non-hydrogen) atoms. The summed E-state index contributed by atoms with van der Waals surface area (Å²) in [5, 5.41) is 4.12. The average Bonchev–Trinajstić information content (AvgIpc) is 3.40. The van der Waals surface area contributed by atoms with Crippen molar-refractivity contribution in [2.75, 3.05) is 45.7 Å². The molecule has 1 saturated carbocycles. The molecule has 2 aliphatic rings. The van der Waals surface area contributed by atoms with E-state index in [1.54, 1.807) is 30.2 Å². The number of anilines is 1. The third kappa shape index (κ3) is 5.76. The number of aromatic amines is 1.